The smallest absolute Gasteiger partial charge is 0.410 e. The van der Waals surface area contributed by atoms with E-state index < -0.39 is 17.5 Å². The van der Waals surface area contributed by atoms with Crippen LogP contribution in [0.15, 0.2) is 48.8 Å². The molecule has 34 heavy (non-hydrogen) atoms. The fourth-order valence-corrected chi connectivity index (χ4v) is 3.76. The lowest BCUT2D eigenvalue weighted by Gasteiger charge is -2.30. The highest BCUT2D eigenvalue weighted by atomic mass is 16.6. The summed E-state index contributed by atoms with van der Waals surface area (Å²) in [5, 5.41) is 2.30. The summed E-state index contributed by atoms with van der Waals surface area (Å²) in [6.07, 6.45) is 2.20. The third-order valence-corrected chi connectivity index (χ3v) is 5.46. The lowest BCUT2D eigenvalue weighted by molar-refractivity contribution is -0.137. The lowest BCUT2D eigenvalue weighted by atomic mass is 9.93. The van der Waals surface area contributed by atoms with Crippen molar-refractivity contribution in [2.45, 2.75) is 39.3 Å². The van der Waals surface area contributed by atoms with Crippen molar-refractivity contribution >= 4 is 29.5 Å². The monoisotopic (exact) mass is 467 g/mol. The molecule has 0 spiro atoms. The van der Waals surface area contributed by atoms with Gasteiger partial charge in [-0.1, -0.05) is 31.4 Å². The molecule has 180 valence electrons. The lowest BCUT2D eigenvalue weighted by Crippen LogP contribution is -2.39. The molecule has 0 aliphatic carbocycles. The zero-order valence-electron chi connectivity index (χ0n) is 19.9. The molecule has 0 bridgehead atoms. The summed E-state index contributed by atoms with van der Waals surface area (Å²) in [4.78, 5) is 52.3. The maximum atomic E-state index is 13.0. The molecule has 2 aliphatic heterocycles. The van der Waals surface area contributed by atoms with Crippen LogP contribution in [0.5, 0.6) is 0 Å². The summed E-state index contributed by atoms with van der Waals surface area (Å²) >= 11 is 0. The number of rotatable bonds is 5. The van der Waals surface area contributed by atoms with Crippen LogP contribution >= 0.6 is 0 Å². The van der Waals surface area contributed by atoms with Gasteiger partial charge in [0.2, 0.25) is 0 Å². The quantitative estimate of drug-likeness (QED) is 0.527. The van der Waals surface area contributed by atoms with Crippen LogP contribution in [0.3, 0.4) is 0 Å². The van der Waals surface area contributed by atoms with Crippen LogP contribution in [0.1, 0.15) is 48.7 Å². The molecule has 9 nitrogen and oxygen atoms in total. The van der Waals surface area contributed by atoms with Gasteiger partial charge in [-0.15, -0.1) is 0 Å². The maximum absolute atomic E-state index is 13.0. The first kappa shape index (κ1) is 24.8. The molecule has 0 unspecified atom stereocenters. The van der Waals surface area contributed by atoms with Gasteiger partial charge in [0, 0.05) is 18.7 Å². The molecule has 9 heteroatoms. The van der Waals surface area contributed by atoms with Gasteiger partial charge in [-0.2, -0.15) is 0 Å². The van der Waals surface area contributed by atoms with Gasteiger partial charge in [0.25, 0.3) is 11.8 Å². The number of nitrogens with zero attached hydrogens (tertiary/aromatic N) is 2. The Morgan fingerprint density at radius 2 is 1.79 bits per heavy atom. The van der Waals surface area contributed by atoms with E-state index in [-0.39, 0.29) is 29.9 Å². The van der Waals surface area contributed by atoms with Crippen LogP contribution in [-0.4, -0.2) is 59.5 Å². The largest absolute Gasteiger partial charge is 0.464 e. The number of methoxy groups -OCH3 is 1. The number of ether oxygens (including phenoxy) is 2. The molecule has 0 radical (unpaired) electrons. The second kappa shape index (κ2) is 9.54. The summed E-state index contributed by atoms with van der Waals surface area (Å²) in [5.41, 5.74) is 2.25. The minimum Gasteiger partial charge on any atom is -0.464 e. The van der Waals surface area contributed by atoms with E-state index in [1.807, 2.05) is 32.9 Å². The molecular weight excluding hydrogens is 438 g/mol. The number of esters is 1. The van der Waals surface area contributed by atoms with Crippen molar-refractivity contribution in [2.75, 3.05) is 20.2 Å². The van der Waals surface area contributed by atoms with Crippen LogP contribution in [-0.2, 0) is 25.6 Å². The van der Waals surface area contributed by atoms with Crippen molar-refractivity contribution in [1.29, 1.82) is 0 Å². The Morgan fingerprint density at radius 1 is 1.12 bits per heavy atom. The molecule has 2 heterocycles. The number of amides is 3. The molecule has 3 rings (SSSR count). The van der Waals surface area contributed by atoms with Gasteiger partial charge < -0.3 is 19.7 Å². The van der Waals surface area contributed by atoms with Gasteiger partial charge in [-0.25, -0.2) is 9.59 Å². The molecule has 3 amide bonds. The fourth-order valence-electron chi connectivity index (χ4n) is 3.76. The first-order valence-corrected chi connectivity index (χ1v) is 10.8. The first-order chi connectivity index (χ1) is 15.9. The van der Waals surface area contributed by atoms with E-state index in [1.54, 1.807) is 17.0 Å². The van der Waals surface area contributed by atoms with Crippen molar-refractivity contribution in [3.8, 4) is 0 Å². The average molecular weight is 468 g/mol. The summed E-state index contributed by atoms with van der Waals surface area (Å²) in [6, 6.07) is 5.42. The summed E-state index contributed by atoms with van der Waals surface area (Å²) < 4.78 is 9.96. The number of benzene rings is 1. The SMILES string of the molecule is C=C(NC(=O)C(=C)N1Cc2c(cccc2C2=CCN(C(=O)OC(C)(C)C)CC2)C1=O)C(=O)OC. The van der Waals surface area contributed by atoms with Crippen molar-refractivity contribution in [3.63, 3.8) is 0 Å². The molecule has 0 saturated heterocycles. The van der Waals surface area contributed by atoms with Gasteiger partial charge in [0.1, 0.15) is 17.0 Å². The molecule has 2 aliphatic rings. The third kappa shape index (κ3) is 5.19. The van der Waals surface area contributed by atoms with Crippen LogP contribution in [0.2, 0.25) is 0 Å². The second-order valence-corrected chi connectivity index (χ2v) is 9.00. The van der Waals surface area contributed by atoms with Gasteiger partial charge in [0.05, 0.1) is 13.7 Å². The molecule has 1 N–H and O–H groups in total. The highest BCUT2D eigenvalue weighted by Crippen LogP contribution is 2.34. The number of carbonyl (C=O) groups is 4. The van der Waals surface area contributed by atoms with E-state index in [1.165, 1.54) is 12.0 Å². The van der Waals surface area contributed by atoms with Crippen LogP contribution in [0.25, 0.3) is 5.57 Å². The van der Waals surface area contributed by atoms with Gasteiger partial charge in [-0.3, -0.25) is 14.5 Å². The number of hydrogen-bond acceptors (Lipinski definition) is 6. The van der Waals surface area contributed by atoms with E-state index in [0.717, 1.165) is 16.7 Å². The molecule has 0 saturated carbocycles. The predicted octanol–water partition coefficient (Wildman–Crippen LogP) is 2.98. The predicted molar refractivity (Wildman–Crippen MR) is 125 cm³/mol. The first-order valence-electron chi connectivity index (χ1n) is 10.8. The van der Waals surface area contributed by atoms with Crippen molar-refractivity contribution < 1.29 is 28.7 Å². The Hall–Kier alpha value is -3.88. The van der Waals surface area contributed by atoms with Crippen LogP contribution < -0.4 is 5.32 Å². The maximum Gasteiger partial charge on any atom is 0.410 e. The Balaban J connectivity index is 1.75. The van der Waals surface area contributed by atoms with Gasteiger partial charge in [-0.05, 0) is 50.0 Å². The number of carbonyl (C=O) groups excluding carboxylic acids is 4. The molecule has 1 aromatic carbocycles. The molecule has 0 fully saturated rings. The van der Waals surface area contributed by atoms with Gasteiger partial charge in [0.15, 0.2) is 0 Å². The highest BCUT2D eigenvalue weighted by Gasteiger charge is 2.34. The Morgan fingerprint density at radius 3 is 2.38 bits per heavy atom. The summed E-state index contributed by atoms with van der Waals surface area (Å²) in [5.74, 6) is -1.86. The molecular formula is C25H29N3O6. The van der Waals surface area contributed by atoms with Crippen LogP contribution in [0, 0.1) is 0 Å². The zero-order chi connectivity index (χ0) is 25.2. The normalized spacial score (nSPS) is 15.3. The molecule has 0 atom stereocenters. The van der Waals surface area contributed by atoms with Crippen molar-refractivity contribution in [2.24, 2.45) is 0 Å². The average Bonchev–Trinajstić information content (AvgIpc) is 3.13. The van der Waals surface area contributed by atoms with E-state index in [4.69, 9.17) is 4.74 Å². The minimum atomic E-state index is -0.788. The van der Waals surface area contributed by atoms with Crippen molar-refractivity contribution in [1.82, 2.24) is 15.1 Å². The summed E-state index contributed by atoms with van der Waals surface area (Å²) in [7, 11) is 1.17. The van der Waals surface area contributed by atoms with E-state index in [2.05, 4.69) is 23.2 Å². The number of hydrogen-bond donors (Lipinski definition) is 1. The van der Waals surface area contributed by atoms with E-state index in [9.17, 15) is 19.2 Å². The Bertz CT molecular complexity index is 1110. The van der Waals surface area contributed by atoms with Crippen molar-refractivity contribution in [3.05, 3.63) is 65.5 Å². The molecule has 1 aromatic rings. The fraction of sp³-hybridized carbons (Fsp3) is 0.360. The van der Waals surface area contributed by atoms with Crippen LogP contribution in [0.4, 0.5) is 4.79 Å². The standard InChI is InChI=1S/C25H29N3O6/c1-15(23(31)33-6)26-21(29)16(2)28-14-20-18(8-7-9-19(20)22(28)30)17-10-12-27(13-11-17)24(32)34-25(3,4)5/h7-10H,1-2,11-14H2,3-6H3,(H,26,29). The van der Waals surface area contributed by atoms with E-state index in [0.29, 0.717) is 25.1 Å². The minimum absolute atomic E-state index is 0.106. The Labute approximate surface area is 198 Å². The highest BCUT2D eigenvalue weighted by molar-refractivity contribution is 6.07. The summed E-state index contributed by atoms with van der Waals surface area (Å²) in [6.45, 7) is 13.7. The number of nitrogens with one attached hydrogen (secondary N) is 1. The van der Waals surface area contributed by atoms with Gasteiger partial charge >= 0.3 is 12.1 Å². The topological polar surface area (TPSA) is 105 Å². The zero-order valence-corrected chi connectivity index (χ0v) is 19.9. The third-order valence-electron chi connectivity index (χ3n) is 5.46. The van der Waals surface area contributed by atoms with E-state index >= 15 is 0 Å². The number of fused-ring (bicyclic) bond motifs is 1. The second-order valence-electron chi connectivity index (χ2n) is 9.00. The Kier molecular flexibility index (Phi) is 6.95. The molecule has 0 aromatic heterocycles.